The maximum absolute atomic E-state index is 13.5. The summed E-state index contributed by atoms with van der Waals surface area (Å²) in [6.07, 6.45) is 2.98. The van der Waals surface area contributed by atoms with E-state index < -0.39 is 10.0 Å². The molecule has 0 amide bonds. The highest BCUT2D eigenvalue weighted by Crippen LogP contribution is 2.35. The van der Waals surface area contributed by atoms with Crippen molar-refractivity contribution < 1.29 is 12.8 Å². The fourth-order valence-electron chi connectivity index (χ4n) is 4.03. The number of nitrogens with two attached hydrogens (primary N) is 1. The van der Waals surface area contributed by atoms with Gasteiger partial charge in [0.05, 0.1) is 6.33 Å². The molecule has 0 spiro atoms. The predicted molar refractivity (Wildman–Crippen MR) is 117 cm³/mol. The number of anilines is 1. The Bertz CT molecular complexity index is 1150. The van der Waals surface area contributed by atoms with Crippen molar-refractivity contribution in [2.75, 3.05) is 25.0 Å². The number of aromatic nitrogens is 2. The number of benzene rings is 2. The third-order valence-corrected chi connectivity index (χ3v) is 7.44. The monoisotopic (exact) mass is 443 g/mol. The molecule has 9 heteroatoms. The van der Waals surface area contributed by atoms with E-state index in [0.717, 1.165) is 16.8 Å². The number of nitrogens with zero attached hydrogens (tertiary/aromatic N) is 3. The van der Waals surface area contributed by atoms with Crippen LogP contribution in [0.4, 0.5) is 10.1 Å². The Labute approximate surface area is 181 Å². The third kappa shape index (κ3) is 4.63. The van der Waals surface area contributed by atoms with Crippen molar-refractivity contribution in [3.63, 3.8) is 0 Å². The smallest absolute Gasteiger partial charge is 0.262 e. The number of sulfonamides is 1. The van der Waals surface area contributed by atoms with Gasteiger partial charge in [-0.15, -0.1) is 0 Å². The molecule has 2 unspecified atom stereocenters. The van der Waals surface area contributed by atoms with Crippen molar-refractivity contribution in [2.24, 2.45) is 18.7 Å². The standard InChI is InChI=1S/C22H26FN5O2S/c1-27-14-22(26-15-27)31(29,30)28-12-18(11-25-20-4-2-3-16(9-20)10-24)21(13-28)17-5-7-19(23)8-6-17/h2-9,14-15,18,21,25H,10-13,24H2,1H3. The highest BCUT2D eigenvalue weighted by molar-refractivity contribution is 7.89. The summed E-state index contributed by atoms with van der Waals surface area (Å²) in [4.78, 5) is 4.04. The van der Waals surface area contributed by atoms with Crippen LogP contribution in [-0.4, -0.2) is 41.9 Å². The number of aryl methyl sites for hydroxylation is 1. The van der Waals surface area contributed by atoms with Gasteiger partial charge in [0.15, 0.2) is 5.03 Å². The summed E-state index contributed by atoms with van der Waals surface area (Å²) >= 11 is 0. The Kier molecular flexibility index (Phi) is 6.08. The van der Waals surface area contributed by atoms with E-state index in [9.17, 15) is 12.8 Å². The van der Waals surface area contributed by atoms with Gasteiger partial charge in [-0.2, -0.15) is 4.31 Å². The molecule has 1 aromatic heterocycles. The van der Waals surface area contributed by atoms with Gasteiger partial charge in [0.2, 0.25) is 0 Å². The summed E-state index contributed by atoms with van der Waals surface area (Å²) < 4.78 is 42.8. The molecule has 2 heterocycles. The quantitative estimate of drug-likeness (QED) is 0.585. The molecular weight excluding hydrogens is 417 g/mol. The minimum atomic E-state index is -3.71. The van der Waals surface area contributed by atoms with Crippen LogP contribution in [0.5, 0.6) is 0 Å². The maximum atomic E-state index is 13.5. The lowest BCUT2D eigenvalue weighted by molar-refractivity contribution is 0.459. The Morgan fingerprint density at radius 1 is 1.19 bits per heavy atom. The highest BCUT2D eigenvalue weighted by Gasteiger charge is 2.40. The van der Waals surface area contributed by atoms with Gasteiger partial charge in [0.25, 0.3) is 10.0 Å². The minimum absolute atomic E-state index is 0.00508. The lowest BCUT2D eigenvalue weighted by atomic mass is 9.89. The van der Waals surface area contributed by atoms with E-state index in [-0.39, 0.29) is 22.7 Å². The van der Waals surface area contributed by atoms with Crippen LogP contribution in [-0.2, 0) is 23.6 Å². The summed E-state index contributed by atoms with van der Waals surface area (Å²) in [6.45, 7) is 1.70. The average Bonchev–Trinajstić information content (AvgIpc) is 3.40. The van der Waals surface area contributed by atoms with Crippen molar-refractivity contribution in [2.45, 2.75) is 17.5 Å². The Morgan fingerprint density at radius 2 is 1.97 bits per heavy atom. The van der Waals surface area contributed by atoms with Crippen LogP contribution in [0.2, 0.25) is 0 Å². The molecular formula is C22H26FN5O2S. The van der Waals surface area contributed by atoms with E-state index in [0.29, 0.717) is 26.2 Å². The molecule has 1 aliphatic heterocycles. The summed E-state index contributed by atoms with van der Waals surface area (Å²) in [5.41, 5.74) is 8.61. The van der Waals surface area contributed by atoms with Gasteiger partial charge in [-0.05, 0) is 41.3 Å². The zero-order valence-corrected chi connectivity index (χ0v) is 18.1. The zero-order valence-electron chi connectivity index (χ0n) is 17.3. The van der Waals surface area contributed by atoms with Gasteiger partial charge in [0.1, 0.15) is 5.82 Å². The van der Waals surface area contributed by atoms with E-state index in [1.165, 1.54) is 29.0 Å². The number of rotatable bonds is 7. The molecule has 4 rings (SSSR count). The first kappa shape index (κ1) is 21.5. The SMILES string of the molecule is Cn1cnc(S(=O)(=O)N2CC(CNc3cccc(CN)c3)C(c3ccc(F)cc3)C2)c1. The first-order valence-electron chi connectivity index (χ1n) is 10.1. The van der Waals surface area contributed by atoms with Gasteiger partial charge < -0.3 is 15.6 Å². The second-order valence-corrected chi connectivity index (χ2v) is 9.79. The largest absolute Gasteiger partial charge is 0.385 e. The second-order valence-electron chi connectivity index (χ2n) is 7.90. The van der Waals surface area contributed by atoms with E-state index >= 15 is 0 Å². The van der Waals surface area contributed by atoms with Crippen LogP contribution in [0.15, 0.2) is 66.1 Å². The molecule has 164 valence electrons. The van der Waals surface area contributed by atoms with E-state index in [2.05, 4.69) is 10.3 Å². The molecule has 7 nitrogen and oxygen atoms in total. The average molecular weight is 444 g/mol. The topological polar surface area (TPSA) is 93.2 Å². The van der Waals surface area contributed by atoms with Crippen LogP contribution in [0.25, 0.3) is 0 Å². The lowest BCUT2D eigenvalue weighted by Crippen LogP contribution is -2.30. The minimum Gasteiger partial charge on any atom is -0.385 e. The van der Waals surface area contributed by atoms with Crippen molar-refractivity contribution in [1.82, 2.24) is 13.9 Å². The first-order chi connectivity index (χ1) is 14.9. The molecule has 0 aliphatic carbocycles. The number of nitrogens with one attached hydrogen (secondary N) is 1. The van der Waals surface area contributed by atoms with E-state index in [1.807, 2.05) is 24.3 Å². The Hall–Kier alpha value is -2.75. The molecule has 3 N–H and O–H groups in total. The fraction of sp³-hybridized carbons (Fsp3) is 0.318. The predicted octanol–water partition coefficient (Wildman–Crippen LogP) is 2.53. The van der Waals surface area contributed by atoms with Gasteiger partial charge in [-0.3, -0.25) is 0 Å². The molecule has 0 radical (unpaired) electrons. The summed E-state index contributed by atoms with van der Waals surface area (Å²) in [5.74, 6) is -0.372. The van der Waals surface area contributed by atoms with Gasteiger partial charge in [-0.25, -0.2) is 17.8 Å². The van der Waals surface area contributed by atoms with Gasteiger partial charge >= 0.3 is 0 Å². The van der Waals surface area contributed by atoms with Crippen LogP contribution in [0.3, 0.4) is 0 Å². The van der Waals surface area contributed by atoms with E-state index in [1.54, 1.807) is 23.7 Å². The van der Waals surface area contributed by atoms with Gasteiger partial charge in [0, 0.05) is 51.0 Å². The number of hydrogen-bond donors (Lipinski definition) is 2. The molecule has 1 saturated heterocycles. The van der Waals surface area contributed by atoms with Crippen LogP contribution >= 0.6 is 0 Å². The molecule has 0 saturated carbocycles. The van der Waals surface area contributed by atoms with Crippen molar-refractivity contribution in [3.05, 3.63) is 78.0 Å². The molecule has 2 atom stereocenters. The normalized spacial score (nSPS) is 19.6. The van der Waals surface area contributed by atoms with Crippen molar-refractivity contribution in [1.29, 1.82) is 0 Å². The molecule has 0 bridgehead atoms. The molecule has 31 heavy (non-hydrogen) atoms. The van der Waals surface area contributed by atoms with Gasteiger partial charge in [-0.1, -0.05) is 24.3 Å². The van der Waals surface area contributed by atoms with Crippen molar-refractivity contribution in [3.8, 4) is 0 Å². The fourth-order valence-corrected chi connectivity index (χ4v) is 5.52. The number of imidazole rings is 1. The number of halogens is 1. The molecule has 2 aromatic carbocycles. The Balaban J connectivity index is 1.58. The summed E-state index contributed by atoms with van der Waals surface area (Å²) in [5, 5.41) is 3.46. The zero-order chi connectivity index (χ0) is 22.0. The molecule has 1 fully saturated rings. The highest BCUT2D eigenvalue weighted by atomic mass is 32.2. The van der Waals surface area contributed by atoms with Crippen LogP contribution in [0.1, 0.15) is 17.0 Å². The first-order valence-corrected chi connectivity index (χ1v) is 11.6. The molecule has 1 aliphatic rings. The summed E-state index contributed by atoms with van der Waals surface area (Å²) in [7, 11) is -1.97. The lowest BCUT2D eigenvalue weighted by Gasteiger charge is -2.20. The third-order valence-electron chi connectivity index (χ3n) is 5.72. The van der Waals surface area contributed by atoms with Crippen molar-refractivity contribution >= 4 is 15.7 Å². The Morgan fingerprint density at radius 3 is 2.65 bits per heavy atom. The second kappa shape index (κ2) is 8.78. The van der Waals surface area contributed by atoms with Crippen LogP contribution < -0.4 is 11.1 Å². The number of hydrogen-bond acceptors (Lipinski definition) is 5. The maximum Gasteiger partial charge on any atom is 0.262 e. The van der Waals surface area contributed by atoms with E-state index in [4.69, 9.17) is 5.73 Å². The van der Waals surface area contributed by atoms with Crippen LogP contribution in [0, 0.1) is 11.7 Å². The molecule has 3 aromatic rings. The summed E-state index contributed by atoms with van der Waals surface area (Å²) in [6, 6.07) is 14.2.